The number of aliphatic hydroxyl groups excluding tert-OH is 1. The molecule has 0 aliphatic carbocycles. The lowest BCUT2D eigenvalue weighted by molar-refractivity contribution is -0.117. The minimum Gasteiger partial charge on any atom is -0.506 e. The third-order valence-electron chi connectivity index (χ3n) is 2.33. The molecule has 0 radical (unpaired) electrons. The average Bonchev–Trinajstić information content (AvgIpc) is 2.50. The van der Waals surface area contributed by atoms with Gasteiger partial charge < -0.3 is 15.1 Å². The van der Waals surface area contributed by atoms with E-state index in [-0.39, 0.29) is 24.6 Å². The van der Waals surface area contributed by atoms with Crippen molar-refractivity contribution in [2.24, 2.45) is 0 Å². The van der Waals surface area contributed by atoms with Crippen molar-refractivity contribution in [2.75, 3.05) is 11.4 Å². The Morgan fingerprint density at radius 2 is 2.20 bits per heavy atom. The van der Waals surface area contributed by atoms with Crippen LogP contribution >= 0.6 is 15.9 Å². The molecule has 1 atom stereocenters. The molecule has 0 aromatic heterocycles. The fraction of sp³-hybridized carbons (Fsp3) is 0.300. The van der Waals surface area contributed by atoms with E-state index < -0.39 is 6.10 Å². The number of nitrogens with zero attached hydrogens (tertiary/aromatic N) is 1. The molecule has 4 nitrogen and oxygen atoms in total. The van der Waals surface area contributed by atoms with Crippen LogP contribution in [-0.2, 0) is 4.79 Å². The van der Waals surface area contributed by atoms with Crippen molar-refractivity contribution in [2.45, 2.75) is 12.5 Å². The number of benzene rings is 1. The number of anilines is 1. The monoisotopic (exact) mass is 271 g/mol. The van der Waals surface area contributed by atoms with Crippen LogP contribution in [0.25, 0.3) is 0 Å². The number of hydrogen-bond donors (Lipinski definition) is 2. The number of hydrogen-bond acceptors (Lipinski definition) is 3. The van der Waals surface area contributed by atoms with E-state index in [1.807, 2.05) is 0 Å². The minimum atomic E-state index is -0.643. The highest BCUT2D eigenvalue weighted by molar-refractivity contribution is 9.10. The Balaban J connectivity index is 2.37. The molecule has 2 rings (SSSR count). The Kier molecular flexibility index (Phi) is 2.67. The number of aliphatic hydroxyl groups is 1. The van der Waals surface area contributed by atoms with Crippen molar-refractivity contribution >= 4 is 27.5 Å². The zero-order valence-electron chi connectivity index (χ0n) is 7.85. The Morgan fingerprint density at radius 3 is 2.80 bits per heavy atom. The topological polar surface area (TPSA) is 60.8 Å². The number of rotatable bonds is 1. The number of phenols is 1. The molecule has 1 amide bonds. The van der Waals surface area contributed by atoms with Gasteiger partial charge in [-0.15, -0.1) is 0 Å². The lowest BCUT2D eigenvalue weighted by Crippen LogP contribution is -2.25. The first-order chi connectivity index (χ1) is 7.08. The highest BCUT2D eigenvalue weighted by Gasteiger charge is 2.30. The van der Waals surface area contributed by atoms with Crippen LogP contribution in [0.1, 0.15) is 6.42 Å². The van der Waals surface area contributed by atoms with Gasteiger partial charge >= 0.3 is 0 Å². The maximum atomic E-state index is 11.5. The molecule has 2 N–H and O–H groups in total. The summed E-state index contributed by atoms with van der Waals surface area (Å²) in [5.41, 5.74) is 0.436. The quantitative estimate of drug-likeness (QED) is 0.808. The van der Waals surface area contributed by atoms with Crippen LogP contribution < -0.4 is 4.90 Å². The van der Waals surface area contributed by atoms with Gasteiger partial charge in [0.05, 0.1) is 24.8 Å². The van der Waals surface area contributed by atoms with Gasteiger partial charge in [0.2, 0.25) is 5.91 Å². The molecule has 1 aliphatic heterocycles. The van der Waals surface area contributed by atoms with Gasteiger partial charge in [0.15, 0.2) is 0 Å². The first kappa shape index (κ1) is 10.4. The van der Waals surface area contributed by atoms with Crippen LogP contribution in [0.5, 0.6) is 5.75 Å². The summed E-state index contributed by atoms with van der Waals surface area (Å²) < 4.78 is 0.782. The Morgan fingerprint density at radius 1 is 1.47 bits per heavy atom. The molecule has 1 aromatic carbocycles. The van der Waals surface area contributed by atoms with Crippen molar-refractivity contribution in [1.29, 1.82) is 0 Å². The third kappa shape index (κ3) is 1.98. The zero-order valence-corrected chi connectivity index (χ0v) is 9.44. The fourth-order valence-corrected chi connectivity index (χ4v) is 1.98. The van der Waals surface area contributed by atoms with Gasteiger partial charge in [-0.2, -0.15) is 0 Å². The largest absolute Gasteiger partial charge is 0.506 e. The SMILES string of the molecule is O=C1CC(O)CN1c1cc(Br)ccc1O. The van der Waals surface area contributed by atoms with Gasteiger partial charge in [-0.05, 0) is 18.2 Å². The molecule has 1 saturated heterocycles. The maximum Gasteiger partial charge on any atom is 0.229 e. The summed E-state index contributed by atoms with van der Waals surface area (Å²) in [6.45, 7) is 0.239. The first-order valence-corrected chi connectivity index (χ1v) is 5.34. The average molecular weight is 272 g/mol. The van der Waals surface area contributed by atoms with E-state index in [0.29, 0.717) is 5.69 Å². The second-order valence-corrected chi connectivity index (χ2v) is 4.41. The van der Waals surface area contributed by atoms with Gasteiger partial charge in [-0.3, -0.25) is 4.79 Å². The molecule has 1 aliphatic rings. The second kappa shape index (κ2) is 3.83. The highest BCUT2D eigenvalue weighted by atomic mass is 79.9. The summed E-state index contributed by atoms with van der Waals surface area (Å²) >= 11 is 3.27. The molecule has 80 valence electrons. The summed E-state index contributed by atoms with van der Waals surface area (Å²) in [5.74, 6) is -0.128. The Bertz CT molecular complexity index is 408. The van der Waals surface area contributed by atoms with E-state index in [2.05, 4.69) is 15.9 Å². The predicted octanol–water partition coefficient (Wildman–Crippen LogP) is 1.25. The van der Waals surface area contributed by atoms with Crippen molar-refractivity contribution in [1.82, 2.24) is 0 Å². The third-order valence-corrected chi connectivity index (χ3v) is 2.83. The molecule has 1 fully saturated rings. The molecule has 1 heterocycles. The van der Waals surface area contributed by atoms with Gasteiger partial charge in [0.1, 0.15) is 5.75 Å². The molecular weight excluding hydrogens is 262 g/mol. The van der Waals surface area contributed by atoms with E-state index in [4.69, 9.17) is 0 Å². The predicted molar refractivity (Wildman–Crippen MR) is 58.8 cm³/mol. The van der Waals surface area contributed by atoms with E-state index in [0.717, 1.165) is 4.47 Å². The van der Waals surface area contributed by atoms with Crippen LogP contribution in [0.3, 0.4) is 0 Å². The minimum absolute atomic E-state index is 0.0423. The maximum absolute atomic E-state index is 11.5. The van der Waals surface area contributed by atoms with E-state index >= 15 is 0 Å². The standard InChI is InChI=1S/C10H10BrNO3/c11-6-1-2-9(14)8(3-6)12-5-7(13)4-10(12)15/h1-3,7,13-14H,4-5H2. The summed E-state index contributed by atoms with van der Waals surface area (Å²) in [5, 5.41) is 18.9. The molecular formula is C10H10BrNO3. The second-order valence-electron chi connectivity index (χ2n) is 3.50. The summed E-state index contributed by atoms with van der Waals surface area (Å²) in [6, 6.07) is 4.86. The Hall–Kier alpha value is -1.07. The van der Waals surface area contributed by atoms with E-state index in [1.165, 1.54) is 11.0 Å². The molecule has 1 unspecified atom stereocenters. The van der Waals surface area contributed by atoms with Gasteiger partial charge in [0.25, 0.3) is 0 Å². The van der Waals surface area contributed by atoms with Crippen LogP contribution in [0, 0.1) is 0 Å². The number of β-amino-alcohol motifs (C(OH)–C–C–N with tert-alkyl or cyclic N) is 1. The van der Waals surface area contributed by atoms with Crippen LogP contribution in [0.15, 0.2) is 22.7 Å². The molecule has 0 bridgehead atoms. The van der Waals surface area contributed by atoms with Crippen LogP contribution in [-0.4, -0.2) is 28.8 Å². The molecule has 0 spiro atoms. The lowest BCUT2D eigenvalue weighted by atomic mass is 10.2. The zero-order chi connectivity index (χ0) is 11.0. The number of carbonyl (C=O) groups is 1. The fourth-order valence-electron chi connectivity index (χ4n) is 1.63. The van der Waals surface area contributed by atoms with E-state index in [1.54, 1.807) is 12.1 Å². The van der Waals surface area contributed by atoms with Crippen LogP contribution in [0.4, 0.5) is 5.69 Å². The summed E-state index contributed by atoms with van der Waals surface area (Å²) in [7, 11) is 0. The number of phenolic OH excluding ortho intramolecular Hbond substituents is 1. The van der Waals surface area contributed by atoms with Gasteiger partial charge in [0, 0.05) is 4.47 Å². The molecule has 5 heteroatoms. The molecule has 0 saturated carbocycles. The lowest BCUT2D eigenvalue weighted by Gasteiger charge is -2.17. The first-order valence-electron chi connectivity index (χ1n) is 4.55. The van der Waals surface area contributed by atoms with Crippen molar-refractivity contribution < 1.29 is 15.0 Å². The number of carbonyl (C=O) groups excluding carboxylic acids is 1. The van der Waals surface area contributed by atoms with Crippen molar-refractivity contribution in [3.63, 3.8) is 0 Å². The molecule has 15 heavy (non-hydrogen) atoms. The van der Waals surface area contributed by atoms with E-state index in [9.17, 15) is 15.0 Å². The molecule has 1 aromatic rings. The van der Waals surface area contributed by atoms with Crippen LogP contribution in [0.2, 0.25) is 0 Å². The Labute approximate surface area is 95.3 Å². The van der Waals surface area contributed by atoms with Crippen molar-refractivity contribution in [3.05, 3.63) is 22.7 Å². The van der Waals surface area contributed by atoms with Gasteiger partial charge in [-0.1, -0.05) is 15.9 Å². The number of amides is 1. The van der Waals surface area contributed by atoms with Gasteiger partial charge in [-0.25, -0.2) is 0 Å². The number of aromatic hydroxyl groups is 1. The summed E-state index contributed by atoms with van der Waals surface area (Å²) in [4.78, 5) is 12.9. The number of halogens is 1. The summed E-state index contributed by atoms with van der Waals surface area (Å²) in [6.07, 6.45) is -0.526. The smallest absolute Gasteiger partial charge is 0.229 e. The van der Waals surface area contributed by atoms with Crippen molar-refractivity contribution in [3.8, 4) is 5.75 Å². The normalized spacial score (nSPS) is 21.1. The highest BCUT2D eigenvalue weighted by Crippen LogP contribution is 2.33.